The summed E-state index contributed by atoms with van der Waals surface area (Å²) in [4.78, 5) is 15.2. The minimum Gasteiger partial charge on any atom is -0.455 e. The van der Waals surface area contributed by atoms with E-state index in [2.05, 4.69) is 30.3 Å². The number of fused-ring (bicyclic) bond motifs is 6. The van der Waals surface area contributed by atoms with E-state index in [0.29, 0.717) is 34.3 Å². The summed E-state index contributed by atoms with van der Waals surface area (Å²) in [7, 11) is 0. The second-order valence-corrected chi connectivity index (χ2v) is 13.5. The molecule has 0 radical (unpaired) electrons. The summed E-state index contributed by atoms with van der Waals surface area (Å²) in [5.74, 6) is 1.17. The van der Waals surface area contributed by atoms with E-state index in [1.165, 1.54) is 12.1 Å². The van der Waals surface area contributed by atoms with Crippen LogP contribution in [-0.4, -0.2) is 19.5 Å². The number of nitrogens with zero attached hydrogens (tertiary/aromatic N) is 4. The van der Waals surface area contributed by atoms with Gasteiger partial charge in [-0.05, 0) is 53.0 Å². The Morgan fingerprint density at radius 3 is 1.64 bits per heavy atom. The van der Waals surface area contributed by atoms with Crippen LogP contribution in [-0.2, 0) is 0 Å². The summed E-state index contributed by atoms with van der Waals surface area (Å²) in [5, 5.41) is 2.25. The maximum atomic E-state index is 9.23. The molecule has 0 amide bonds. The van der Waals surface area contributed by atoms with Crippen molar-refractivity contribution in [2.75, 3.05) is 0 Å². The molecule has 3 aromatic heterocycles. The molecule has 0 bridgehead atoms. The third kappa shape index (κ3) is 5.29. The van der Waals surface area contributed by atoms with Crippen molar-refractivity contribution in [1.29, 1.82) is 0 Å². The average Bonchev–Trinajstić information content (AvgIpc) is 3.88. The average molecular weight is 723 g/mol. The first-order valence-electron chi connectivity index (χ1n) is 21.3. The summed E-state index contributed by atoms with van der Waals surface area (Å²) in [6, 6.07) is 49.3. The predicted octanol–water partition coefficient (Wildman–Crippen LogP) is 13.2. The van der Waals surface area contributed by atoms with Crippen molar-refractivity contribution in [3.8, 4) is 62.1 Å². The third-order valence-electron chi connectivity index (χ3n) is 10.2. The molecule has 0 aliphatic carbocycles. The number of aromatic nitrogens is 4. The van der Waals surface area contributed by atoms with E-state index in [0.717, 1.165) is 49.7 Å². The molecule has 56 heavy (non-hydrogen) atoms. The maximum absolute atomic E-state index is 9.23. The van der Waals surface area contributed by atoms with Gasteiger partial charge in [-0.15, -0.1) is 0 Å². The number of furan rings is 1. The van der Waals surface area contributed by atoms with Crippen LogP contribution in [0, 0.1) is 0 Å². The third-order valence-corrected chi connectivity index (χ3v) is 10.2. The number of rotatable bonds is 6. The van der Waals surface area contributed by atoms with E-state index in [1.54, 1.807) is 4.57 Å². The molecule has 5 heteroatoms. The second kappa shape index (κ2) is 13.0. The van der Waals surface area contributed by atoms with Crippen LogP contribution in [0.3, 0.4) is 0 Å². The quantitative estimate of drug-likeness (QED) is 0.171. The lowest BCUT2D eigenvalue weighted by Crippen LogP contribution is -2.04. The highest BCUT2D eigenvalue weighted by atomic mass is 16.3. The van der Waals surface area contributed by atoms with Crippen LogP contribution in [0.15, 0.2) is 198 Å². The summed E-state index contributed by atoms with van der Waals surface area (Å²) < 4.78 is 62.1. The molecule has 0 aliphatic rings. The zero-order chi connectivity index (χ0) is 42.2. The topological polar surface area (TPSA) is 56.7 Å². The highest BCUT2D eigenvalue weighted by molar-refractivity contribution is 6.11. The molecule has 0 fully saturated rings. The Hall–Kier alpha value is -7.63. The molecule has 8 aromatic carbocycles. The van der Waals surface area contributed by atoms with Gasteiger partial charge in [0.15, 0.2) is 17.5 Å². The molecule has 0 saturated heterocycles. The Morgan fingerprint density at radius 1 is 0.411 bits per heavy atom. The number of benzene rings is 8. The molecule has 0 N–H and O–H groups in total. The minimum atomic E-state index is -0.193. The Bertz CT molecular complexity index is 3460. The highest BCUT2D eigenvalue weighted by Crippen LogP contribution is 2.41. The highest BCUT2D eigenvalue weighted by Gasteiger charge is 2.21. The van der Waals surface area contributed by atoms with Gasteiger partial charge >= 0.3 is 0 Å². The van der Waals surface area contributed by atoms with Crippen molar-refractivity contribution in [2.24, 2.45) is 0 Å². The predicted molar refractivity (Wildman–Crippen MR) is 229 cm³/mol. The zero-order valence-electron chi connectivity index (χ0n) is 35.7. The fourth-order valence-electron chi connectivity index (χ4n) is 7.60. The van der Waals surface area contributed by atoms with Crippen molar-refractivity contribution in [3.63, 3.8) is 0 Å². The minimum absolute atomic E-state index is 0.0648. The number of para-hydroxylation sites is 3. The standard InChI is InChI=1S/C51H32N4O/c1-4-15-33(16-5-1)36-27-29-41-42-24-14-23-38(48(42)56-47(41)32-36)37-28-30-46(55-44-25-12-10-21-39(44)40-22-11-13-26-45(40)55)43(31-37)51-53-49(34-17-6-2-7-18-34)52-50(54-51)35-19-8-3-9-20-35/h1-32H/i10D,11D,21D,22D,25D,26D. The van der Waals surface area contributed by atoms with Crippen molar-refractivity contribution >= 4 is 43.7 Å². The van der Waals surface area contributed by atoms with Gasteiger partial charge in [0.25, 0.3) is 0 Å². The van der Waals surface area contributed by atoms with Gasteiger partial charge in [-0.25, -0.2) is 15.0 Å². The molecule has 0 aliphatic heterocycles. The Labute approximate surface area is 331 Å². The van der Waals surface area contributed by atoms with Crippen LogP contribution in [0.25, 0.3) is 106 Å². The molecule has 5 nitrogen and oxygen atoms in total. The largest absolute Gasteiger partial charge is 0.455 e. The first-order valence-corrected chi connectivity index (χ1v) is 18.3. The lowest BCUT2D eigenvalue weighted by Gasteiger charge is -2.16. The molecular formula is C51H32N4O. The smallest absolute Gasteiger partial charge is 0.166 e. The lowest BCUT2D eigenvalue weighted by molar-refractivity contribution is 0.670. The molecule has 3 heterocycles. The Kier molecular flexibility index (Phi) is 6.10. The van der Waals surface area contributed by atoms with E-state index in [9.17, 15) is 2.74 Å². The van der Waals surface area contributed by atoms with Gasteiger partial charge in [-0.3, -0.25) is 0 Å². The van der Waals surface area contributed by atoms with Crippen molar-refractivity contribution in [2.45, 2.75) is 0 Å². The molecule has 0 unspecified atom stereocenters. The van der Waals surface area contributed by atoms with Gasteiger partial charge < -0.3 is 8.98 Å². The zero-order valence-corrected chi connectivity index (χ0v) is 29.7. The van der Waals surface area contributed by atoms with Gasteiger partial charge in [-0.2, -0.15) is 0 Å². The van der Waals surface area contributed by atoms with E-state index in [-0.39, 0.29) is 58.1 Å². The summed E-state index contributed by atoms with van der Waals surface area (Å²) in [6.07, 6.45) is 0. The van der Waals surface area contributed by atoms with Crippen LogP contribution in [0.4, 0.5) is 0 Å². The summed E-state index contributed by atoms with van der Waals surface area (Å²) in [6.45, 7) is 0. The Balaban J connectivity index is 1.23. The maximum Gasteiger partial charge on any atom is 0.166 e. The summed E-state index contributed by atoms with van der Waals surface area (Å²) >= 11 is 0. The van der Waals surface area contributed by atoms with E-state index in [4.69, 9.17) is 24.9 Å². The van der Waals surface area contributed by atoms with Crippen LogP contribution in [0.5, 0.6) is 0 Å². The van der Waals surface area contributed by atoms with Crippen LogP contribution < -0.4 is 0 Å². The molecule has 0 atom stereocenters. The number of hydrogen-bond donors (Lipinski definition) is 0. The molecule has 262 valence electrons. The second-order valence-electron chi connectivity index (χ2n) is 13.5. The van der Waals surface area contributed by atoms with E-state index < -0.39 is 0 Å². The molecule has 0 saturated carbocycles. The fraction of sp³-hybridized carbons (Fsp3) is 0. The monoisotopic (exact) mass is 722 g/mol. The van der Waals surface area contributed by atoms with Crippen molar-refractivity contribution in [1.82, 2.24) is 19.5 Å². The lowest BCUT2D eigenvalue weighted by atomic mass is 9.98. The van der Waals surface area contributed by atoms with Gasteiger partial charge in [-0.1, -0.05) is 158 Å². The molecule has 11 rings (SSSR count). The van der Waals surface area contributed by atoms with Gasteiger partial charge in [0.1, 0.15) is 11.2 Å². The van der Waals surface area contributed by atoms with E-state index >= 15 is 0 Å². The van der Waals surface area contributed by atoms with Gasteiger partial charge in [0, 0.05) is 43.8 Å². The van der Waals surface area contributed by atoms with Crippen LogP contribution in [0.2, 0.25) is 0 Å². The van der Waals surface area contributed by atoms with Crippen LogP contribution >= 0.6 is 0 Å². The number of hydrogen-bond acceptors (Lipinski definition) is 4. The molecule has 11 aromatic rings. The van der Waals surface area contributed by atoms with Crippen LogP contribution in [0.1, 0.15) is 8.22 Å². The fourth-order valence-corrected chi connectivity index (χ4v) is 7.60. The van der Waals surface area contributed by atoms with Crippen molar-refractivity contribution < 1.29 is 12.6 Å². The Morgan fingerprint density at radius 2 is 1.00 bits per heavy atom. The first kappa shape index (κ1) is 26.2. The normalized spacial score (nSPS) is 13.1. The van der Waals surface area contributed by atoms with Crippen molar-refractivity contribution in [3.05, 3.63) is 194 Å². The first-order chi connectivity index (χ1) is 30.2. The van der Waals surface area contributed by atoms with Gasteiger partial charge in [0.05, 0.1) is 24.9 Å². The SMILES string of the molecule is [2H]c1cc([2H])c2c(c1[2H])c1c([2H])c([2H])cc([2H])c1n2-c1ccc(-c2cccc3c2oc2cc(-c4ccccc4)ccc23)cc1-c1nc(-c2ccccc2)nc(-c2ccccc2)n1. The summed E-state index contributed by atoms with van der Waals surface area (Å²) in [5.41, 5.74) is 8.16. The molecular weight excluding hydrogens is 685 g/mol. The molecule has 0 spiro atoms. The van der Waals surface area contributed by atoms with Gasteiger partial charge in [0.2, 0.25) is 0 Å². The van der Waals surface area contributed by atoms with E-state index in [1.807, 2.05) is 115 Å².